The topological polar surface area (TPSA) is 81.2 Å². The standard InChI is InChI=1S/C6H6N2O4.3C4H9.Sn/c9-4-1-2-8(3-5(10)11)6(12)7-4;3*1-3-4-2;/h1-2H,3H2,(H,10,11)(H,7,9,12);3*1,3-4H2,2H3;/q;;;;+1/p-1. The number of rotatable bonds is 12. The fraction of sp³-hybridized carbons (Fsp3) is 0.722. The van der Waals surface area contributed by atoms with Gasteiger partial charge < -0.3 is 0 Å². The van der Waals surface area contributed by atoms with Gasteiger partial charge in [-0.25, -0.2) is 0 Å². The summed E-state index contributed by atoms with van der Waals surface area (Å²) in [6, 6.07) is 1.25. The summed E-state index contributed by atoms with van der Waals surface area (Å²) in [5.41, 5.74) is -1.03. The Bertz CT molecular complexity index is 617. The van der Waals surface area contributed by atoms with Crippen LogP contribution in [-0.2, 0) is 14.4 Å². The van der Waals surface area contributed by atoms with E-state index in [4.69, 9.17) is 3.07 Å². The number of aromatic amines is 1. The summed E-state index contributed by atoms with van der Waals surface area (Å²) in [4.78, 5) is 37.6. The van der Waals surface area contributed by atoms with Crippen molar-refractivity contribution >= 4 is 24.8 Å². The molecule has 1 aromatic heterocycles. The molecule has 6 nitrogen and oxygen atoms in total. The van der Waals surface area contributed by atoms with E-state index in [1.807, 2.05) is 0 Å². The van der Waals surface area contributed by atoms with E-state index < -0.39 is 30.0 Å². The average molecular weight is 459 g/mol. The number of carbonyl (C=O) groups is 1. The Balaban J connectivity index is 2.89. The molecule has 0 aromatic carbocycles. The van der Waals surface area contributed by atoms with Crippen LogP contribution in [0.3, 0.4) is 0 Å². The number of hydrogen-bond donors (Lipinski definition) is 1. The van der Waals surface area contributed by atoms with Gasteiger partial charge in [-0.1, -0.05) is 0 Å². The summed E-state index contributed by atoms with van der Waals surface area (Å²) >= 11 is -3.01. The number of aromatic nitrogens is 2. The molecule has 0 bridgehead atoms. The Hall–Kier alpha value is -1.05. The summed E-state index contributed by atoms with van der Waals surface area (Å²) in [6.45, 7) is 6.37. The molecule has 0 radical (unpaired) electrons. The molecule has 0 unspecified atom stereocenters. The monoisotopic (exact) mass is 460 g/mol. The van der Waals surface area contributed by atoms with Crippen molar-refractivity contribution in [1.29, 1.82) is 0 Å². The first-order valence-corrected chi connectivity index (χ1v) is 16.7. The number of carbonyl (C=O) groups excluding carboxylic acids is 1. The van der Waals surface area contributed by atoms with Crippen LogP contribution in [0.25, 0.3) is 0 Å². The number of hydrogen-bond acceptors (Lipinski definition) is 4. The van der Waals surface area contributed by atoms with Crippen LogP contribution < -0.4 is 11.2 Å². The third kappa shape index (κ3) is 7.79. The van der Waals surface area contributed by atoms with Crippen molar-refractivity contribution in [1.82, 2.24) is 9.55 Å². The molecule has 25 heavy (non-hydrogen) atoms. The Kier molecular flexibility index (Phi) is 10.2. The van der Waals surface area contributed by atoms with E-state index in [-0.39, 0.29) is 12.5 Å². The normalized spacial score (nSPS) is 11.5. The fourth-order valence-corrected chi connectivity index (χ4v) is 16.1. The molecular weight excluding hydrogens is 427 g/mol. The van der Waals surface area contributed by atoms with Gasteiger partial charge in [0.05, 0.1) is 0 Å². The van der Waals surface area contributed by atoms with Gasteiger partial charge in [0, 0.05) is 0 Å². The molecule has 1 rings (SSSR count). The van der Waals surface area contributed by atoms with Gasteiger partial charge in [-0.2, -0.15) is 0 Å². The number of nitrogens with one attached hydrogen (secondary N) is 1. The van der Waals surface area contributed by atoms with Crippen LogP contribution in [-0.4, -0.2) is 34.3 Å². The van der Waals surface area contributed by atoms with Crippen molar-refractivity contribution in [3.05, 3.63) is 33.1 Å². The predicted molar refractivity (Wildman–Crippen MR) is 102 cm³/mol. The minimum absolute atomic E-state index is 0.126. The van der Waals surface area contributed by atoms with Crippen LogP contribution in [0.15, 0.2) is 21.9 Å². The zero-order valence-electron chi connectivity index (χ0n) is 15.8. The van der Waals surface area contributed by atoms with Crippen LogP contribution in [0.2, 0.25) is 13.3 Å². The van der Waals surface area contributed by atoms with Crippen molar-refractivity contribution in [2.75, 3.05) is 0 Å². The van der Waals surface area contributed by atoms with Crippen LogP contribution in [0.4, 0.5) is 0 Å². The molecule has 0 amide bonds. The molecule has 1 aromatic rings. The second kappa shape index (κ2) is 11.5. The molecule has 0 atom stereocenters. The van der Waals surface area contributed by atoms with Gasteiger partial charge in [0.25, 0.3) is 0 Å². The van der Waals surface area contributed by atoms with Crippen molar-refractivity contribution in [2.45, 2.75) is 79.2 Å². The molecule has 0 aliphatic heterocycles. The first-order chi connectivity index (χ1) is 12.0. The summed E-state index contributed by atoms with van der Waals surface area (Å²) in [5, 5.41) is 0. The molecule has 0 aliphatic rings. The van der Waals surface area contributed by atoms with Crippen molar-refractivity contribution < 1.29 is 7.87 Å². The zero-order valence-corrected chi connectivity index (χ0v) is 18.7. The Morgan fingerprint density at radius 2 is 1.56 bits per heavy atom. The first kappa shape index (κ1) is 22.0. The fourth-order valence-electron chi connectivity index (χ4n) is 3.01. The van der Waals surface area contributed by atoms with Crippen LogP contribution in [0.1, 0.15) is 59.3 Å². The van der Waals surface area contributed by atoms with Crippen molar-refractivity contribution in [3.63, 3.8) is 0 Å². The Morgan fingerprint density at radius 1 is 1.04 bits per heavy atom. The Labute approximate surface area is 154 Å². The third-order valence-electron chi connectivity index (χ3n) is 4.48. The van der Waals surface area contributed by atoms with Crippen LogP contribution >= 0.6 is 0 Å². The predicted octanol–water partition coefficient (Wildman–Crippen LogP) is 3.43. The minimum atomic E-state index is -3.01. The van der Waals surface area contributed by atoms with E-state index in [2.05, 4.69) is 25.8 Å². The summed E-state index contributed by atoms with van der Waals surface area (Å²) in [5.74, 6) is -0.326. The molecule has 0 fully saturated rings. The van der Waals surface area contributed by atoms with Crippen LogP contribution in [0.5, 0.6) is 0 Å². The molecule has 7 heteroatoms. The van der Waals surface area contributed by atoms with E-state index in [1.54, 1.807) is 0 Å². The summed E-state index contributed by atoms with van der Waals surface area (Å²) in [6.07, 6.45) is 7.99. The van der Waals surface area contributed by atoms with Crippen molar-refractivity contribution in [3.8, 4) is 0 Å². The maximum absolute atomic E-state index is 12.5. The van der Waals surface area contributed by atoms with Crippen LogP contribution in [0, 0.1) is 0 Å². The molecule has 0 saturated heterocycles. The van der Waals surface area contributed by atoms with E-state index in [1.165, 1.54) is 16.8 Å². The molecule has 0 aliphatic carbocycles. The zero-order chi connectivity index (χ0) is 18.7. The van der Waals surface area contributed by atoms with E-state index in [9.17, 15) is 14.4 Å². The molecule has 142 valence electrons. The first-order valence-electron chi connectivity index (χ1n) is 9.48. The molecule has 1 N–H and O–H groups in total. The average Bonchev–Trinajstić information content (AvgIpc) is 2.58. The number of unbranched alkanes of at least 4 members (excludes halogenated alkanes) is 3. The van der Waals surface area contributed by atoms with Gasteiger partial charge in [0.15, 0.2) is 0 Å². The van der Waals surface area contributed by atoms with Gasteiger partial charge >= 0.3 is 154 Å². The van der Waals surface area contributed by atoms with Gasteiger partial charge in [-0.05, 0) is 0 Å². The second-order valence-electron chi connectivity index (χ2n) is 6.71. The second-order valence-corrected chi connectivity index (χ2v) is 18.3. The van der Waals surface area contributed by atoms with Crippen molar-refractivity contribution in [2.24, 2.45) is 0 Å². The van der Waals surface area contributed by atoms with Gasteiger partial charge in [0.1, 0.15) is 0 Å². The summed E-state index contributed by atoms with van der Waals surface area (Å²) in [7, 11) is 0. The third-order valence-corrected chi connectivity index (χ3v) is 17.2. The molecule has 1 heterocycles. The van der Waals surface area contributed by atoms with Gasteiger partial charge in [-0.15, -0.1) is 0 Å². The number of H-pyrrole nitrogens is 1. The molecule has 0 spiro atoms. The molecular formula is C18H32N2O4Sn. The molecule has 0 saturated carbocycles. The maximum atomic E-state index is 12.5. The quantitative estimate of drug-likeness (QED) is 0.486. The number of nitrogens with zero attached hydrogens (tertiary/aromatic N) is 1. The van der Waals surface area contributed by atoms with E-state index in [0.29, 0.717) is 0 Å². The van der Waals surface area contributed by atoms with E-state index in [0.717, 1.165) is 51.8 Å². The van der Waals surface area contributed by atoms with Gasteiger partial charge in [-0.3, -0.25) is 0 Å². The van der Waals surface area contributed by atoms with Gasteiger partial charge in [0.2, 0.25) is 0 Å². The van der Waals surface area contributed by atoms with E-state index >= 15 is 0 Å². The summed E-state index contributed by atoms with van der Waals surface area (Å²) < 4.78 is 10.6. The SMILES string of the molecule is CCC[CH2][Sn]([CH2]CCC)([CH2]CCC)[O]C(=O)Cn1ccc(=O)[nH]c1=O. The Morgan fingerprint density at radius 3 is 2.00 bits per heavy atom.